The second-order valence-electron chi connectivity index (χ2n) is 5.65. The van der Waals surface area contributed by atoms with Crippen LogP contribution in [0.2, 0.25) is 0 Å². The molecule has 1 aromatic rings. The van der Waals surface area contributed by atoms with Gasteiger partial charge in [0.2, 0.25) is 5.91 Å². The number of carbonyl (C=O) groups excluding carboxylic acids is 2. The third-order valence-electron chi connectivity index (χ3n) is 3.26. The second-order valence-corrected chi connectivity index (χ2v) is 7.95. The third kappa shape index (κ3) is 7.72. The van der Waals surface area contributed by atoms with Gasteiger partial charge in [-0.15, -0.1) is 0 Å². The fraction of sp³-hybridized carbons (Fsp3) is 0.500. The van der Waals surface area contributed by atoms with Gasteiger partial charge in [-0.2, -0.15) is 0 Å². The molecule has 2 N–H and O–H groups in total. The molecule has 0 aliphatic carbocycles. The fourth-order valence-electron chi connectivity index (χ4n) is 2.10. The van der Waals surface area contributed by atoms with Crippen molar-refractivity contribution in [3.8, 4) is 11.5 Å². The van der Waals surface area contributed by atoms with Gasteiger partial charge >= 0.3 is 6.03 Å². The van der Waals surface area contributed by atoms with Crippen LogP contribution in [0.5, 0.6) is 11.5 Å². The highest BCUT2D eigenvalue weighted by Crippen LogP contribution is 2.31. The lowest BCUT2D eigenvalue weighted by Gasteiger charge is -2.14. The lowest BCUT2D eigenvalue weighted by molar-refractivity contribution is -0.117. The number of ether oxygens (including phenoxy) is 2. The van der Waals surface area contributed by atoms with Crippen LogP contribution in [0.15, 0.2) is 23.2 Å². The van der Waals surface area contributed by atoms with Crippen molar-refractivity contribution in [1.29, 1.82) is 0 Å². The number of benzene rings is 1. The van der Waals surface area contributed by atoms with E-state index in [1.54, 1.807) is 30.0 Å². The molecule has 148 valence electrons. The average Bonchev–Trinajstić information content (AvgIpc) is 3.17. The Morgan fingerprint density at radius 1 is 1.19 bits per heavy atom. The van der Waals surface area contributed by atoms with Gasteiger partial charge in [0.25, 0.3) is 0 Å². The van der Waals surface area contributed by atoms with Crippen LogP contribution in [0.4, 0.5) is 10.5 Å². The first-order valence-corrected chi connectivity index (χ1v) is 10.9. The number of imide groups is 1. The van der Waals surface area contributed by atoms with Crippen LogP contribution < -0.4 is 20.1 Å². The largest absolute Gasteiger partial charge is 0.490 e. The molecule has 0 radical (unpaired) electrons. The van der Waals surface area contributed by atoms with Crippen LogP contribution in [0, 0.1) is 0 Å². The molecule has 3 amide bonds. The van der Waals surface area contributed by atoms with E-state index in [0.717, 1.165) is 29.5 Å². The molecule has 1 heterocycles. The Morgan fingerprint density at radius 3 is 2.59 bits per heavy atom. The summed E-state index contributed by atoms with van der Waals surface area (Å²) < 4.78 is 12.3. The fourth-order valence-corrected chi connectivity index (χ4v) is 3.91. The average molecular weight is 412 g/mol. The van der Waals surface area contributed by atoms with Gasteiger partial charge in [0.05, 0.1) is 25.5 Å². The Balaban J connectivity index is 1.88. The first-order chi connectivity index (χ1) is 13.1. The molecular formula is C18H25N3O4S2. The van der Waals surface area contributed by atoms with Gasteiger partial charge in [-0.25, -0.2) is 4.79 Å². The Morgan fingerprint density at radius 2 is 1.93 bits per heavy atom. The van der Waals surface area contributed by atoms with Gasteiger partial charge in [0.15, 0.2) is 11.5 Å². The number of amides is 3. The topological polar surface area (TPSA) is 89.0 Å². The van der Waals surface area contributed by atoms with E-state index in [-0.39, 0.29) is 11.7 Å². The molecule has 7 nitrogen and oxygen atoms in total. The zero-order valence-corrected chi connectivity index (χ0v) is 17.2. The van der Waals surface area contributed by atoms with E-state index in [9.17, 15) is 9.59 Å². The summed E-state index contributed by atoms with van der Waals surface area (Å²) in [6.45, 7) is 5.97. The molecule has 1 aliphatic heterocycles. The lowest BCUT2D eigenvalue weighted by Crippen LogP contribution is -2.35. The highest BCUT2D eigenvalue weighted by molar-refractivity contribution is 8.39. The normalized spacial score (nSPS) is 13.0. The third-order valence-corrected chi connectivity index (χ3v) is 5.51. The zero-order chi connectivity index (χ0) is 19.5. The molecule has 0 saturated heterocycles. The SMILES string of the molecule is CCCOc1ccc(NC(=O)NC(=O)CSC2=NCCS2)cc1OCCC. The van der Waals surface area contributed by atoms with E-state index in [1.165, 1.54) is 11.8 Å². The number of hydrogen-bond donors (Lipinski definition) is 2. The summed E-state index contributed by atoms with van der Waals surface area (Å²) in [6, 6.07) is 4.59. The van der Waals surface area contributed by atoms with Gasteiger partial charge in [-0.3, -0.25) is 15.1 Å². The maximum atomic E-state index is 12.0. The van der Waals surface area contributed by atoms with E-state index in [1.807, 2.05) is 13.8 Å². The maximum absolute atomic E-state index is 12.0. The lowest BCUT2D eigenvalue weighted by atomic mass is 10.2. The number of urea groups is 1. The number of carbonyl (C=O) groups is 2. The Hall–Kier alpha value is -1.87. The molecule has 0 fully saturated rings. The number of nitrogens with one attached hydrogen (secondary N) is 2. The molecule has 0 saturated carbocycles. The van der Waals surface area contributed by atoms with Gasteiger partial charge in [0, 0.05) is 17.5 Å². The zero-order valence-electron chi connectivity index (χ0n) is 15.6. The molecule has 1 aliphatic rings. The summed E-state index contributed by atoms with van der Waals surface area (Å²) in [7, 11) is 0. The van der Waals surface area contributed by atoms with E-state index in [4.69, 9.17) is 9.47 Å². The molecule has 0 aromatic heterocycles. The summed E-state index contributed by atoms with van der Waals surface area (Å²) >= 11 is 2.97. The summed E-state index contributed by atoms with van der Waals surface area (Å²) in [5, 5.41) is 4.97. The summed E-state index contributed by atoms with van der Waals surface area (Å²) in [5.74, 6) is 1.96. The van der Waals surface area contributed by atoms with Crippen molar-refractivity contribution in [2.45, 2.75) is 26.7 Å². The predicted octanol–water partition coefficient (Wildman–Crippen LogP) is 3.75. The van der Waals surface area contributed by atoms with Crippen molar-refractivity contribution in [3.05, 3.63) is 18.2 Å². The Bertz CT molecular complexity index is 683. The minimum absolute atomic E-state index is 0.161. The molecule has 0 atom stereocenters. The molecule has 0 spiro atoms. The second kappa shape index (κ2) is 11.8. The Labute approximate surface area is 168 Å². The van der Waals surface area contributed by atoms with Crippen molar-refractivity contribution in [1.82, 2.24) is 5.32 Å². The molecular weight excluding hydrogens is 386 g/mol. The van der Waals surface area contributed by atoms with Gasteiger partial charge in [0.1, 0.15) is 4.38 Å². The van der Waals surface area contributed by atoms with Crippen molar-refractivity contribution < 1.29 is 19.1 Å². The van der Waals surface area contributed by atoms with Crippen LogP contribution in [0.3, 0.4) is 0 Å². The van der Waals surface area contributed by atoms with Crippen molar-refractivity contribution in [2.24, 2.45) is 4.99 Å². The number of nitrogens with zero attached hydrogens (tertiary/aromatic N) is 1. The highest BCUT2D eigenvalue weighted by Gasteiger charge is 2.14. The first-order valence-electron chi connectivity index (χ1n) is 8.93. The highest BCUT2D eigenvalue weighted by atomic mass is 32.2. The van der Waals surface area contributed by atoms with Gasteiger partial charge in [-0.05, 0) is 25.0 Å². The smallest absolute Gasteiger partial charge is 0.325 e. The maximum Gasteiger partial charge on any atom is 0.325 e. The number of aliphatic imine (C=N–C) groups is 1. The number of anilines is 1. The van der Waals surface area contributed by atoms with Crippen molar-refractivity contribution >= 4 is 45.5 Å². The van der Waals surface area contributed by atoms with Gasteiger partial charge < -0.3 is 14.8 Å². The number of rotatable bonds is 9. The first kappa shape index (κ1) is 21.4. The van der Waals surface area contributed by atoms with Crippen LogP contribution in [0.25, 0.3) is 0 Å². The molecule has 0 unspecified atom stereocenters. The van der Waals surface area contributed by atoms with E-state index >= 15 is 0 Å². The summed E-state index contributed by atoms with van der Waals surface area (Å²) in [5.41, 5.74) is 0.527. The van der Waals surface area contributed by atoms with Crippen LogP contribution in [-0.4, -0.2) is 47.6 Å². The molecule has 27 heavy (non-hydrogen) atoms. The Kier molecular flexibility index (Phi) is 9.34. The molecule has 0 bridgehead atoms. The van der Waals surface area contributed by atoms with Crippen LogP contribution in [-0.2, 0) is 4.79 Å². The van der Waals surface area contributed by atoms with E-state index in [2.05, 4.69) is 15.6 Å². The quantitative estimate of drug-likeness (QED) is 0.643. The number of hydrogen-bond acceptors (Lipinski definition) is 7. The van der Waals surface area contributed by atoms with Crippen LogP contribution in [0.1, 0.15) is 26.7 Å². The summed E-state index contributed by atoms with van der Waals surface area (Å²) in [6.07, 6.45) is 1.75. The van der Waals surface area contributed by atoms with E-state index < -0.39 is 6.03 Å². The van der Waals surface area contributed by atoms with Crippen LogP contribution >= 0.6 is 23.5 Å². The van der Waals surface area contributed by atoms with Crippen molar-refractivity contribution in [2.75, 3.05) is 36.6 Å². The summed E-state index contributed by atoms with van der Waals surface area (Å²) in [4.78, 5) is 28.2. The minimum Gasteiger partial charge on any atom is -0.490 e. The predicted molar refractivity (Wildman–Crippen MR) is 112 cm³/mol. The van der Waals surface area contributed by atoms with Gasteiger partial charge in [-0.1, -0.05) is 37.4 Å². The molecule has 2 rings (SSSR count). The number of thioether (sulfide) groups is 2. The standard InChI is InChI=1S/C18H25N3O4S2/c1-3-8-24-14-6-5-13(11-15(14)25-9-4-2)20-17(23)21-16(22)12-27-18-19-7-10-26-18/h5-6,11H,3-4,7-10,12H2,1-2H3,(H2,20,21,22,23). The monoisotopic (exact) mass is 411 g/mol. The van der Waals surface area contributed by atoms with E-state index in [0.29, 0.717) is 30.4 Å². The minimum atomic E-state index is -0.578. The molecule has 9 heteroatoms. The van der Waals surface area contributed by atoms with Crippen molar-refractivity contribution in [3.63, 3.8) is 0 Å². The molecule has 1 aromatic carbocycles.